The van der Waals surface area contributed by atoms with Gasteiger partial charge in [-0.25, -0.2) is 8.42 Å². The summed E-state index contributed by atoms with van der Waals surface area (Å²) in [6, 6.07) is 8.26. The molecule has 1 N–H and O–H groups in total. The fourth-order valence-electron chi connectivity index (χ4n) is 2.39. The number of hydrogen-bond acceptors (Lipinski definition) is 3. The molecule has 1 aromatic carbocycles. The summed E-state index contributed by atoms with van der Waals surface area (Å²) in [5.41, 5.74) is -1.33. The first-order valence-electron chi connectivity index (χ1n) is 6.08. The molecule has 100 valence electrons. The molecule has 4 heteroatoms. The van der Waals surface area contributed by atoms with Crippen LogP contribution in [0, 0.1) is 17.8 Å². The molecule has 0 aromatic heterocycles. The smallest absolute Gasteiger partial charge is 0.202 e. The van der Waals surface area contributed by atoms with Gasteiger partial charge in [-0.1, -0.05) is 31.0 Å². The standard InChI is InChI=1S/C15H16O3S/c1-3-9-15(16)10-12(2)14(11-15)19(17,18)13-7-5-4-6-8-13/h4-8,11-12,16H,10H2,1-2H3. The summed E-state index contributed by atoms with van der Waals surface area (Å²) >= 11 is 0. The molecular weight excluding hydrogens is 260 g/mol. The number of benzene rings is 1. The van der Waals surface area contributed by atoms with E-state index < -0.39 is 15.4 Å². The van der Waals surface area contributed by atoms with Crippen molar-refractivity contribution in [3.8, 4) is 11.8 Å². The highest BCUT2D eigenvalue weighted by Crippen LogP contribution is 2.38. The van der Waals surface area contributed by atoms with E-state index in [9.17, 15) is 13.5 Å². The van der Waals surface area contributed by atoms with Crippen LogP contribution in [0.1, 0.15) is 20.3 Å². The zero-order valence-corrected chi connectivity index (χ0v) is 11.7. The van der Waals surface area contributed by atoms with E-state index in [1.165, 1.54) is 6.08 Å². The number of rotatable bonds is 2. The predicted octanol–water partition coefficient (Wildman–Crippen LogP) is 2.14. The summed E-state index contributed by atoms with van der Waals surface area (Å²) in [5, 5.41) is 10.2. The maximum Gasteiger partial charge on any atom is 0.202 e. The zero-order valence-electron chi connectivity index (χ0n) is 10.9. The van der Waals surface area contributed by atoms with Crippen LogP contribution in [0.3, 0.4) is 0 Å². The minimum absolute atomic E-state index is 0.240. The van der Waals surface area contributed by atoms with Gasteiger partial charge in [0.25, 0.3) is 0 Å². The Kier molecular flexibility index (Phi) is 3.53. The lowest BCUT2D eigenvalue weighted by Gasteiger charge is -2.13. The van der Waals surface area contributed by atoms with E-state index in [4.69, 9.17) is 0 Å². The van der Waals surface area contributed by atoms with Crippen LogP contribution in [-0.2, 0) is 9.84 Å². The van der Waals surface area contributed by atoms with E-state index in [1.54, 1.807) is 44.2 Å². The lowest BCUT2D eigenvalue weighted by Crippen LogP contribution is -2.20. The molecule has 0 amide bonds. The molecule has 1 aliphatic carbocycles. The Morgan fingerprint density at radius 1 is 1.32 bits per heavy atom. The van der Waals surface area contributed by atoms with E-state index >= 15 is 0 Å². The van der Waals surface area contributed by atoms with Crippen LogP contribution in [0.15, 0.2) is 46.2 Å². The molecule has 2 unspecified atom stereocenters. The largest absolute Gasteiger partial charge is 0.374 e. The van der Waals surface area contributed by atoms with Gasteiger partial charge < -0.3 is 5.11 Å². The summed E-state index contributed by atoms with van der Waals surface area (Å²) in [6.07, 6.45) is 1.70. The molecule has 0 spiro atoms. The summed E-state index contributed by atoms with van der Waals surface area (Å²) in [5.74, 6) is 5.07. The third-order valence-electron chi connectivity index (χ3n) is 3.19. The third-order valence-corrected chi connectivity index (χ3v) is 5.22. The van der Waals surface area contributed by atoms with E-state index in [0.717, 1.165) is 0 Å². The van der Waals surface area contributed by atoms with Gasteiger partial charge in [0.15, 0.2) is 0 Å². The highest BCUT2D eigenvalue weighted by molar-refractivity contribution is 7.95. The molecule has 1 aromatic rings. The van der Waals surface area contributed by atoms with Gasteiger partial charge in [0.05, 0.1) is 9.80 Å². The van der Waals surface area contributed by atoms with Crippen molar-refractivity contribution >= 4 is 9.84 Å². The molecule has 0 fully saturated rings. The van der Waals surface area contributed by atoms with Crippen molar-refractivity contribution in [2.24, 2.45) is 5.92 Å². The number of allylic oxidation sites excluding steroid dienone is 1. The summed E-state index contributed by atoms with van der Waals surface area (Å²) in [6.45, 7) is 3.42. The predicted molar refractivity (Wildman–Crippen MR) is 73.9 cm³/mol. The zero-order chi connectivity index (χ0) is 14.1. The Hall–Kier alpha value is -1.57. The molecule has 0 bridgehead atoms. The van der Waals surface area contributed by atoms with Crippen molar-refractivity contribution in [3.63, 3.8) is 0 Å². The van der Waals surface area contributed by atoms with Gasteiger partial charge in [-0.2, -0.15) is 0 Å². The van der Waals surface area contributed by atoms with Crippen LogP contribution < -0.4 is 0 Å². The Morgan fingerprint density at radius 2 is 1.95 bits per heavy atom. The van der Waals surface area contributed by atoms with Crippen LogP contribution in [0.5, 0.6) is 0 Å². The average Bonchev–Trinajstić information content (AvgIpc) is 2.67. The SMILES string of the molecule is CC#CC1(O)C=C(S(=O)(=O)c2ccccc2)C(C)C1. The van der Waals surface area contributed by atoms with Crippen molar-refractivity contribution < 1.29 is 13.5 Å². The van der Waals surface area contributed by atoms with Gasteiger partial charge in [0.2, 0.25) is 9.84 Å². The second kappa shape index (κ2) is 4.84. The number of aliphatic hydroxyl groups is 1. The Balaban J connectivity index is 2.49. The molecule has 0 saturated heterocycles. The fourth-order valence-corrected chi connectivity index (χ4v) is 4.14. The van der Waals surface area contributed by atoms with Crippen molar-refractivity contribution in [2.75, 3.05) is 0 Å². The second-order valence-corrected chi connectivity index (χ2v) is 6.72. The Bertz CT molecular complexity index is 662. The first kappa shape index (κ1) is 13.9. The van der Waals surface area contributed by atoms with Crippen molar-refractivity contribution in [3.05, 3.63) is 41.3 Å². The van der Waals surface area contributed by atoms with Crippen LogP contribution in [-0.4, -0.2) is 19.1 Å². The molecule has 2 rings (SSSR count). The van der Waals surface area contributed by atoms with Crippen LogP contribution in [0.25, 0.3) is 0 Å². The minimum Gasteiger partial charge on any atom is -0.374 e. The van der Waals surface area contributed by atoms with E-state index in [0.29, 0.717) is 6.42 Å². The normalized spacial score (nSPS) is 26.5. The first-order valence-corrected chi connectivity index (χ1v) is 7.56. The number of sulfone groups is 1. The van der Waals surface area contributed by atoms with Gasteiger partial charge >= 0.3 is 0 Å². The van der Waals surface area contributed by atoms with Crippen LogP contribution in [0.4, 0.5) is 0 Å². The quantitative estimate of drug-likeness (QED) is 0.842. The summed E-state index contributed by atoms with van der Waals surface area (Å²) < 4.78 is 25.0. The molecule has 0 heterocycles. The van der Waals surface area contributed by atoms with Gasteiger partial charge in [0, 0.05) is 0 Å². The molecule has 0 saturated carbocycles. The van der Waals surface area contributed by atoms with Gasteiger partial charge in [0.1, 0.15) is 5.60 Å². The van der Waals surface area contributed by atoms with Crippen molar-refractivity contribution in [1.82, 2.24) is 0 Å². The van der Waals surface area contributed by atoms with Crippen LogP contribution in [0.2, 0.25) is 0 Å². The van der Waals surface area contributed by atoms with E-state index in [2.05, 4.69) is 11.8 Å². The monoisotopic (exact) mass is 276 g/mol. The highest BCUT2D eigenvalue weighted by atomic mass is 32.2. The van der Waals surface area contributed by atoms with Gasteiger partial charge in [-0.3, -0.25) is 0 Å². The maximum atomic E-state index is 12.5. The van der Waals surface area contributed by atoms with Gasteiger partial charge in [-0.15, -0.1) is 5.92 Å². The molecular formula is C15H16O3S. The molecule has 2 atom stereocenters. The van der Waals surface area contributed by atoms with E-state index in [-0.39, 0.29) is 15.7 Å². The molecule has 0 aliphatic heterocycles. The van der Waals surface area contributed by atoms with E-state index in [1.807, 2.05) is 0 Å². The first-order chi connectivity index (χ1) is 8.89. The second-order valence-electron chi connectivity index (χ2n) is 4.77. The summed E-state index contributed by atoms with van der Waals surface area (Å²) in [4.78, 5) is 0.505. The topological polar surface area (TPSA) is 54.4 Å². The molecule has 0 radical (unpaired) electrons. The molecule has 3 nitrogen and oxygen atoms in total. The molecule has 19 heavy (non-hydrogen) atoms. The van der Waals surface area contributed by atoms with Crippen molar-refractivity contribution in [2.45, 2.75) is 30.8 Å². The third kappa shape index (κ3) is 2.58. The fraction of sp³-hybridized carbons (Fsp3) is 0.333. The van der Waals surface area contributed by atoms with Crippen molar-refractivity contribution in [1.29, 1.82) is 0 Å². The lowest BCUT2D eigenvalue weighted by molar-refractivity contribution is 0.143. The summed E-state index contributed by atoms with van der Waals surface area (Å²) in [7, 11) is -3.54. The Labute approximate surface area is 113 Å². The Morgan fingerprint density at radius 3 is 2.53 bits per heavy atom. The highest BCUT2D eigenvalue weighted by Gasteiger charge is 2.39. The van der Waals surface area contributed by atoms with Gasteiger partial charge in [-0.05, 0) is 37.5 Å². The number of hydrogen-bond donors (Lipinski definition) is 1. The van der Waals surface area contributed by atoms with Crippen LogP contribution >= 0.6 is 0 Å². The minimum atomic E-state index is -3.54. The lowest BCUT2D eigenvalue weighted by atomic mass is 10.0. The maximum absolute atomic E-state index is 12.5. The molecule has 1 aliphatic rings. The average molecular weight is 276 g/mol.